The highest BCUT2D eigenvalue weighted by Gasteiger charge is 2.10. The number of hydrogen-bond donors (Lipinski definition) is 1. The number of nitrogens with two attached hydrogens (primary N) is 1. The molecule has 2 N–H and O–H groups in total. The predicted molar refractivity (Wildman–Crippen MR) is 96.0 cm³/mol. The van der Waals surface area contributed by atoms with E-state index in [1.54, 1.807) is 21.3 Å². The van der Waals surface area contributed by atoms with Gasteiger partial charge in [0.05, 0.1) is 27.4 Å². The fraction of sp³-hybridized carbons (Fsp3) is 0.400. The molecule has 2 rings (SSSR count). The molecule has 130 valence electrons. The molecule has 0 spiro atoms. The maximum absolute atomic E-state index is 5.46. The van der Waals surface area contributed by atoms with Gasteiger partial charge in [-0.15, -0.1) is 0 Å². The highest BCUT2D eigenvalue weighted by molar-refractivity contribution is 5.40. The first-order valence-corrected chi connectivity index (χ1v) is 8.33. The van der Waals surface area contributed by atoms with Crippen LogP contribution in [0.5, 0.6) is 17.2 Å². The SMILES string of the molecule is COc1ccc(CC[C@@H](C)[NH2+]Cc2ccc(OC)cc2OC)cc1. The smallest absolute Gasteiger partial charge is 0.131 e. The Morgan fingerprint density at radius 2 is 1.54 bits per heavy atom. The lowest BCUT2D eigenvalue weighted by Gasteiger charge is -2.13. The summed E-state index contributed by atoms with van der Waals surface area (Å²) in [6.07, 6.45) is 2.20. The summed E-state index contributed by atoms with van der Waals surface area (Å²) in [4.78, 5) is 0. The van der Waals surface area contributed by atoms with Gasteiger partial charge in [0.2, 0.25) is 0 Å². The number of benzene rings is 2. The van der Waals surface area contributed by atoms with Gasteiger partial charge in [0, 0.05) is 18.1 Å². The van der Waals surface area contributed by atoms with Crippen LogP contribution in [0.2, 0.25) is 0 Å². The molecule has 0 saturated heterocycles. The number of quaternary nitrogens is 1. The van der Waals surface area contributed by atoms with Crippen LogP contribution < -0.4 is 19.5 Å². The van der Waals surface area contributed by atoms with Crippen LogP contribution >= 0.6 is 0 Å². The molecule has 0 aliphatic heterocycles. The highest BCUT2D eigenvalue weighted by atomic mass is 16.5. The van der Waals surface area contributed by atoms with Gasteiger partial charge in [-0.3, -0.25) is 0 Å². The summed E-state index contributed by atoms with van der Waals surface area (Å²) in [6, 6.07) is 14.8. The molecule has 4 heteroatoms. The van der Waals surface area contributed by atoms with Crippen LogP contribution in [-0.2, 0) is 13.0 Å². The number of hydrogen-bond acceptors (Lipinski definition) is 3. The van der Waals surface area contributed by atoms with E-state index >= 15 is 0 Å². The van der Waals surface area contributed by atoms with Gasteiger partial charge in [-0.1, -0.05) is 12.1 Å². The Morgan fingerprint density at radius 1 is 0.875 bits per heavy atom. The van der Waals surface area contributed by atoms with E-state index in [2.05, 4.69) is 30.4 Å². The molecule has 0 saturated carbocycles. The second-order valence-corrected chi connectivity index (χ2v) is 5.98. The molecule has 1 atom stereocenters. The monoisotopic (exact) mass is 330 g/mol. The first kappa shape index (κ1) is 18.1. The van der Waals surface area contributed by atoms with Crippen LogP contribution in [0.25, 0.3) is 0 Å². The van der Waals surface area contributed by atoms with Crippen molar-refractivity contribution in [3.05, 3.63) is 53.6 Å². The molecule has 2 aromatic rings. The normalized spacial score (nSPS) is 11.8. The minimum absolute atomic E-state index is 0.541. The van der Waals surface area contributed by atoms with Crippen LogP contribution in [-0.4, -0.2) is 27.4 Å². The van der Waals surface area contributed by atoms with Gasteiger partial charge in [0.15, 0.2) is 0 Å². The third-order valence-electron chi connectivity index (χ3n) is 4.28. The standard InChI is InChI=1S/C20H27NO3/c1-15(5-6-16-7-10-18(22-2)11-8-16)21-14-17-9-12-19(23-3)13-20(17)24-4/h7-13,15,21H,5-6,14H2,1-4H3/p+1/t15-/m1/s1. The molecule has 2 aromatic carbocycles. The summed E-state index contributed by atoms with van der Waals surface area (Å²) in [6.45, 7) is 3.16. The third kappa shape index (κ3) is 5.17. The average Bonchev–Trinajstić information content (AvgIpc) is 2.64. The van der Waals surface area contributed by atoms with Crippen molar-refractivity contribution in [2.45, 2.75) is 32.4 Å². The zero-order valence-corrected chi connectivity index (χ0v) is 15.0. The fourth-order valence-corrected chi connectivity index (χ4v) is 2.65. The topological polar surface area (TPSA) is 44.3 Å². The van der Waals surface area contributed by atoms with E-state index in [1.807, 2.05) is 24.3 Å². The van der Waals surface area contributed by atoms with Gasteiger partial charge in [-0.2, -0.15) is 0 Å². The largest absolute Gasteiger partial charge is 0.497 e. The van der Waals surface area contributed by atoms with Crippen LogP contribution in [0.1, 0.15) is 24.5 Å². The van der Waals surface area contributed by atoms with Crippen molar-refractivity contribution in [2.24, 2.45) is 0 Å². The second kappa shape index (κ2) is 9.18. The fourth-order valence-electron chi connectivity index (χ4n) is 2.65. The van der Waals surface area contributed by atoms with E-state index in [-0.39, 0.29) is 0 Å². The van der Waals surface area contributed by atoms with E-state index in [0.29, 0.717) is 6.04 Å². The summed E-state index contributed by atoms with van der Waals surface area (Å²) in [5, 5.41) is 2.36. The van der Waals surface area contributed by atoms with Gasteiger partial charge in [0.25, 0.3) is 0 Å². The molecule has 0 unspecified atom stereocenters. The number of rotatable bonds is 9. The Bertz CT molecular complexity index is 625. The second-order valence-electron chi connectivity index (χ2n) is 5.98. The molecule has 0 bridgehead atoms. The molecular formula is C20H28NO3+. The summed E-state index contributed by atoms with van der Waals surface area (Å²) >= 11 is 0. The first-order valence-electron chi connectivity index (χ1n) is 8.33. The lowest BCUT2D eigenvalue weighted by Crippen LogP contribution is -2.87. The predicted octanol–water partition coefficient (Wildman–Crippen LogP) is 2.80. The lowest BCUT2D eigenvalue weighted by molar-refractivity contribution is -0.701. The van der Waals surface area contributed by atoms with Crippen LogP contribution in [0.4, 0.5) is 0 Å². The summed E-state index contributed by atoms with van der Waals surface area (Å²) in [7, 11) is 5.06. The lowest BCUT2D eigenvalue weighted by atomic mass is 10.1. The zero-order valence-electron chi connectivity index (χ0n) is 15.0. The zero-order chi connectivity index (χ0) is 17.4. The number of aryl methyl sites for hydroxylation is 1. The van der Waals surface area contributed by atoms with Gasteiger partial charge in [0.1, 0.15) is 23.8 Å². The van der Waals surface area contributed by atoms with E-state index < -0.39 is 0 Å². The third-order valence-corrected chi connectivity index (χ3v) is 4.28. The average molecular weight is 330 g/mol. The molecule has 24 heavy (non-hydrogen) atoms. The molecule has 0 aliphatic rings. The summed E-state index contributed by atoms with van der Waals surface area (Å²) in [5.41, 5.74) is 2.53. The van der Waals surface area contributed by atoms with Gasteiger partial charge >= 0.3 is 0 Å². The van der Waals surface area contributed by atoms with E-state index in [0.717, 1.165) is 36.6 Å². The first-order chi connectivity index (χ1) is 11.7. The molecule has 4 nitrogen and oxygen atoms in total. The maximum Gasteiger partial charge on any atom is 0.131 e. The molecule has 0 amide bonds. The molecule has 0 aromatic heterocycles. The van der Waals surface area contributed by atoms with Crippen molar-refractivity contribution in [3.63, 3.8) is 0 Å². The van der Waals surface area contributed by atoms with E-state index in [4.69, 9.17) is 14.2 Å². The van der Waals surface area contributed by atoms with Crippen molar-refractivity contribution in [1.82, 2.24) is 0 Å². The molecule has 0 fully saturated rings. The Balaban J connectivity index is 1.83. The van der Waals surface area contributed by atoms with Crippen LogP contribution in [0, 0.1) is 0 Å². The van der Waals surface area contributed by atoms with Crippen molar-refractivity contribution in [1.29, 1.82) is 0 Å². The van der Waals surface area contributed by atoms with E-state index in [1.165, 1.54) is 11.1 Å². The molecule has 0 radical (unpaired) electrons. The van der Waals surface area contributed by atoms with Crippen LogP contribution in [0.15, 0.2) is 42.5 Å². The van der Waals surface area contributed by atoms with Gasteiger partial charge in [-0.05, 0) is 43.2 Å². The van der Waals surface area contributed by atoms with Gasteiger partial charge in [-0.25, -0.2) is 0 Å². The number of ether oxygens (including phenoxy) is 3. The Hall–Kier alpha value is -2.20. The molecule has 0 heterocycles. The Morgan fingerprint density at radius 3 is 2.17 bits per heavy atom. The van der Waals surface area contributed by atoms with Crippen LogP contribution in [0.3, 0.4) is 0 Å². The van der Waals surface area contributed by atoms with Crippen molar-refractivity contribution >= 4 is 0 Å². The summed E-state index contributed by atoms with van der Waals surface area (Å²) in [5.74, 6) is 2.61. The minimum Gasteiger partial charge on any atom is -0.497 e. The Kier molecular flexibility index (Phi) is 6.94. The quantitative estimate of drug-likeness (QED) is 0.769. The van der Waals surface area contributed by atoms with Crippen molar-refractivity contribution in [2.75, 3.05) is 21.3 Å². The highest BCUT2D eigenvalue weighted by Crippen LogP contribution is 2.23. The molecular weight excluding hydrogens is 302 g/mol. The summed E-state index contributed by atoms with van der Waals surface area (Å²) < 4.78 is 15.9. The maximum atomic E-state index is 5.46. The Labute approximate surface area is 144 Å². The minimum atomic E-state index is 0.541. The molecule has 0 aliphatic carbocycles. The van der Waals surface area contributed by atoms with E-state index in [9.17, 15) is 0 Å². The van der Waals surface area contributed by atoms with Crippen molar-refractivity contribution in [3.8, 4) is 17.2 Å². The number of methoxy groups -OCH3 is 3. The van der Waals surface area contributed by atoms with Crippen molar-refractivity contribution < 1.29 is 19.5 Å². The van der Waals surface area contributed by atoms with Gasteiger partial charge < -0.3 is 19.5 Å².